The number of carbonyl (C=O) groups excluding carboxylic acids is 1. The highest BCUT2D eigenvalue weighted by Gasteiger charge is 2.27. The number of hydrogen-bond acceptors (Lipinski definition) is 6. The molecule has 0 atom stereocenters. The predicted molar refractivity (Wildman–Crippen MR) is 81.8 cm³/mol. The number of nitro benzene ring substituents is 1. The third-order valence-electron chi connectivity index (χ3n) is 3.28. The van der Waals surface area contributed by atoms with Gasteiger partial charge in [0, 0.05) is 23.3 Å². The van der Waals surface area contributed by atoms with Crippen LogP contribution in [0.4, 0.5) is 5.69 Å². The van der Waals surface area contributed by atoms with E-state index < -0.39 is 10.9 Å². The molecular weight excluding hydrogens is 300 g/mol. The van der Waals surface area contributed by atoms with Gasteiger partial charge in [0.2, 0.25) is 0 Å². The number of nitrogens with zero attached hydrogens (tertiary/aromatic N) is 2. The van der Waals surface area contributed by atoms with Gasteiger partial charge in [0.05, 0.1) is 10.5 Å². The Bertz CT molecular complexity index is 853. The Morgan fingerprint density at radius 1 is 1.13 bits per heavy atom. The van der Waals surface area contributed by atoms with Crippen molar-refractivity contribution in [2.45, 2.75) is 0 Å². The lowest BCUT2D eigenvalue weighted by atomic mass is 10.00. The molecule has 1 N–H and O–H groups in total. The summed E-state index contributed by atoms with van der Waals surface area (Å²) in [5.74, 6) is -0.635. The van der Waals surface area contributed by atoms with Crippen molar-refractivity contribution < 1.29 is 19.7 Å². The van der Waals surface area contributed by atoms with Crippen molar-refractivity contribution in [2.75, 3.05) is 0 Å². The van der Waals surface area contributed by atoms with E-state index in [4.69, 9.17) is 0 Å². The SMILES string of the molecule is O=C1ON=C(c2ccc([N+](=O)[O-])cc2)C1=Cc1ccccc1O. The Balaban J connectivity index is 2.00. The number of aromatic hydroxyl groups is 1. The van der Waals surface area contributed by atoms with Gasteiger partial charge in [-0.05, 0) is 24.3 Å². The van der Waals surface area contributed by atoms with E-state index in [0.29, 0.717) is 11.1 Å². The Morgan fingerprint density at radius 3 is 2.48 bits per heavy atom. The molecule has 0 amide bonds. The summed E-state index contributed by atoms with van der Waals surface area (Å²) >= 11 is 0. The van der Waals surface area contributed by atoms with Gasteiger partial charge in [0.15, 0.2) is 0 Å². The first-order valence-corrected chi connectivity index (χ1v) is 6.60. The van der Waals surface area contributed by atoms with Crippen LogP contribution in [0.25, 0.3) is 6.08 Å². The topological polar surface area (TPSA) is 102 Å². The number of oxime groups is 1. The second-order valence-corrected chi connectivity index (χ2v) is 4.74. The first-order valence-electron chi connectivity index (χ1n) is 6.60. The van der Waals surface area contributed by atoms with Crippen LogP contribution < -0.4 is 0 Å². The van der Waals surface area contributed by atoms with E-state index in [-0.39, 0.29) is 22.7 Å². The molecule has 0 bridgehead atoms. The van der Waals surface area contributed by atoms with Crippen LogP contribution in [0.5, 0.6) is 5.75 Å². The van der Waals surface area contributed by atoms with Crippen LogP contribution in [0.1, 0.15) is 11.1 Å². The summed E-state index contributed by atoms with van der Waals surface area (Å²) in [6.45, 7) is 0. The quantitative estimate of drug-likeness (QED) is 0.406. The number of non-ortho nitro benzene ring substituents is 1. The molecule has 0 saturated heterocycles. The Labute approximate surface area is 130 Å². The third kappa shape index (κ3) is 2.80. The Kier molecular flexibility index (Phi) is 3.60. The maximum Gasteiger partial charge on any atom is 0.368 e. The molecule has 3 rings (SSSR count). The third-order valence-corrected chi connectivity index (χ3v) is 3.28. The van der Waals surface area contributed by atoms with E-state index in [1.807, 2.05) is 0 Å². The van der Waals surface area contributed by atoms with Crippen LogP contribution in [0.2, 0.25) is 0 Å². The zero-order valence-electron chi connectivity index (χ0n) is 11.7. The molecule has 7 heteroatoms. The van der Waals surface area contributed by atoms with E-state index in [2.05, 4.69) is 9.99 Å². The van der Waals surface area contributed by atoms with Crippen molar-refractivity contribution >= 4 is 23.4 Å². The standard InChI is InChI=1S/C16H10N2O5/c19-14-4-2-1-3-11(14)9-13-15(17-23-16(13)20)10-5-7-12(8-6-10)18(21)22/h1-9,19H. The molecule has 1 heterocycles. The van der Waals surface area contributed by atoms with E-state index in [1.54, 1.807) is 18.2 Å². The molecule has 0 unspecified atom stereocenters. The lowest BCUT2D eigenvalue weighted by Gasteiger charge is -2.02. The number of hydrogen-bond donors (Lipinski definition) is 1. The fraction of sp³-hybridized carbons (Fsp3) is 0. The first kappa shape index (κ1) is 14.5. The molecule has 1 aliphatic rings. The molecule has 0 fully saturated rings. The summed E-state index contributed by atoms with van der Waals surface area (Å²) < 4.78 is 0. The number of para-hydroxylation sites is 1. The van der Waals surface area contributed by atoms with E-state index in [0.717, 1.165) is 0 Å². The number of rotatable bonds is 3. The molecule has 0 aromatic heterocycles. The van der Waals surface area contributed by atoms with E-state index in [1.165, 1.54) is 36.4 Å². The normalized spacial score (nSPS) is 15.4. The first-order chi connectivity index (χ1) is 11.1. The van der Waals surface area contributed by atoms with Gasteiger partial charge in [-0.25, -0.2) is 4.79 Å². The monoisotopic (exact) mass is 310 g/mol. The van der Waals surface area contributed by atoms with Crippen molar-refractivity contribution in [3.05, 3.63) is 75.3 Å². The predicted octanol–water partition coefficient (Wildman–Crippen LogP) is 2.64. The van der Waals surface area contributed by atoms with Gasteiger partial charge in [-0.1, -0.05) is 23.4 Å². The average Bonchev–Trinajstić information content (AvgIpc) is 2.91. The Hall–Kier alpha value is -3.48. The zero-order chi connectivity index (χ0) is 16.4. The molecule has 2 aromatic carbocycles. The van der Waals surface area contributed by atoms with Gasteiger partial charge < -0.3 is 9.94 Å². The second kappa shape index (κ2) is 5.72. The molecular formula is C16H10N2O5. The summed E-state index contributed by atoms with van der Waals surface area (Å²) in [5, 5.41) is 24.2. The van der Waals surface area contributed by atoms with Gasteiger partial charge in [-0.2, -0.15) is 0 Å². The molecule has 0 saturated carbocycles. The van der Waals surface area contributed by atoms with E-state index in [9.17, 15) is 20.0 Å². The fourth-order valence-electron chi connectivity index (χ4n) is 2.12. The van der Waals surface area contributed by atoms with Crippen LogP contribution in [0, 0.1) is 10.1 Å². The number of carbonyl (C=O) groups is 1. The van der Waals surface area contributed by atoms with Gasteiger partial charge in [0.25, 0.3) is 5.69 Å². The summed E-state index contributed by atoms with van der Waals surface area (Å²) in [6, 6.07) is 12.1. The van der Waals surface area contributed by atoms with Gasteiger partial charge in [-0.15, -0.1) is 0 Å². The second-order valence-electron chi connectivity index (χ2n) is 4.74. The minimum atomic E-state index is -0.651. The summed E-state index contributed by atoms with van der Waals surface area (Å²) in [4.78, 5) is 26.7. The zero-order valence-corrected chi connectivity index (χ0v) is 11.7. The highest BCUT2D eigenvalue weighted by Crippen LogP contribution is 2.25. The molecule has 2 aromatic rings. The number of phenolic OH excluding ortho intramolecular Hbond substituents is 1. The lowest BCUT2D eigenvalue weighted by Crippen LogP contribution is -2.07. The molecule has 114 valence electrons. The number of phenols is 1. The molecule has 1 aliphatic heterocycles. The Morgan fingerprint density at radius 2 is 1.83 bits per heavy atom. The van der Waals surface area contributed by atoms with Crippen molar-refractivity contribution in [1.82, 2.24) is 0 Å². The van der Waals surface area contributed by atoms with Gasteiger partial charge >= 0.3 is 5.97 Å². The van der Waals surface area contributed by atoms with Crippen LogP contribution in [-0.2, 0) is 9.63 Å². The maximum atomic E-state index is 11.9. The molecule has 23 heavy (non-hydrogen) atoms. The van der Waals surface area contributed by atoms with Crippen LogP contribution in [-0.4, -0.2) is 21.7 Å². The molecule has 0 spiro atoms. The lowest BCUT2D eigenvalue weighted by molar-refractivity contribution is -0.384. The number of benzene rings is 2. The largest absolute Gasteiger partial charge is 0.507 e. The number of nitro groups is 1. The van der Waals surface area contributed by atoms with Gasteiger partial charge in [-0.3, -0.25) is 10.1 Å². The highest BCUT2D eigenvalue weighted by molar-refractivity contribution is 6.31. The van der Waals surface area contributed by atoms with Gasteiger partial charge in [0.1, 0.15) is 11.5 Å². The van der Waals surface area contributed by atoms with E-state index >= 15 is 0 Å². The minimum absolute atomic E-state index is 0.0164. The van der Waals surface area contributed by atoms with Crippen LogP contribution in [0.3, 0.4) is 0 Å². The van der Waals surface area contributed by atoms with Crippen molar-refractivity contribution in [3.63, 3.8) is 0 Å². The molecule has 0 radical (unpaired) electrons. The maximum absolute atomic E-state index is 11.9. The molecule has 7 nitrogen and oxygen atoms in total. The van der Waals surface area contributed by atoms with Crippen molar-refractivity contribution in [2.24, 2.45) is 5.16 Å². The smallest absolute Gasteiger partial charge is 0.368 e. The summed E-state index contributed by atoms with van der Waals surface area (Å²) in [7, 11) is 0. The molecule has 0 aliphatic carbocycles. The van der Waals surface area contributed by atoms with Crippen molar-refractivity contribution in [3.8, 4) is 5.75 Å². The van der Waals surface area contributed by atoms with Crippen LogP contribution in [0.15, 0.2) is 59.3 Å². The van der Waals surface area contributed by atoms with Crippen LogP contribution >= 0.6 is 0 Å². The summed E-state index contributed by atoms with van der Waals surface area (Å²) in [6.07, 6.45) is 1.46. The highest BCUT2D eigenvalue weighted by atomic mass is 16.7. The minimum Gasteiger partial charge on any atom is -0.507 e. The summed E-state index contributed by atoms with van der Waals surface area (Å²) in [5.41, 5.74) is 1.30. The van der Waals surface area contributed by atoms with Crippen molar-refractivity contribution in [1.29, 1.82) is 0 Å². The average molecular weight is 310 g/mol. The fourth-order valence-corrected chi connectivity index (χ4v) is 2.12.